The molecule has 0 amide bonds. The van der Waals surface area contributed by atoms with Crippen molar-refractivity contribution in [3.63, 3.8) is 0 Å². The molecular weight excluding hydrogens is 397 g/mol. The first-order valence-electron chi connectivity index (χ1n) is 11.2. The molecule has 2 aromatic rings. The molecule has 0 bridgehead atoms. The molecule has 6 heteroatoms. The van der Waals surface area contributed by atoms with Gasteiger partial charge in [-0.1, -0.05) is 0 Å². The maximum Gasteiger partial charge on any atom is 0.303 e. The molecule has 0 radical (unpaired) electrons. The van der Waals surface area contributed by atoms with Crippen LogP contribution in [0.3, 0.4) is 0 Å². The van der Waals surface area contributed by atoms with E-state index in [0.717, 1.165) is 49.7 Å². The number of aromatic nitrogens is 1. The number of ether oxygens (including phenoxy) is 2. The number of halogens is 1. The fourth-order valence-electron chi connectivity index (χ4n) is 4.78. The maximum absolute atomic E-state index is 14.3. The fraction of sp³-hybridized carbons (Fsp3) is 0.520. The molecule has 1 heterocycles. The zero-order valence-corrected chi connectivity index (χ0v) is 17.9. The largest absolute Gasteiger partial charge is 0.497 e. The number of rotatable bonds is 9. The van der Waals surface area contributed by atoms with Gasteiger partial charge in [-0.05, 0) is 97.6 Å². The van der Waals surface area contributed by atoms with Crippen LogP contribution >= 0.6 is 0 Å². The van der Waals surface area contributed by atoms with Crippen molar-refractivity contribution in [2.45, 2.75) is 56.8 Å². The lowest BCUT2D eigenvalue weighted by atomic mass is 9.79. The van der Waals surface area contributed by atoms with E-state index >= 15 is 0 Å². The molecule has 1 aromatic heterocycles. The Kier molecular flexibility index (Phi) is 6.73. The summed E-state index contributed by atoms with van der Waals surface area (Å²) in [6.45, 7) is 0.603. The quantitative estimate of drug-likeness (QED) is 0.568. The van der Waals surface area contributed by atoms with Gasteiger partial charge in [0.2, 0.25) is 0 Å². The number of aliphatic carboxylic acids is 1. The second kappa shape index (κ2) is 9.67. The molecule has 31 heavy (non-hydrogen) atoms. The minimum absolute atomic E-state index is 0.0155. The van der Waals surface area contributed by atoms with Gasteiger partial charge >= 0.3 is 5.97 Å². The van der Waals surface area contributed by atoms with Crippen LogP contribution in [0.2, 0.25) is 0 Å². The first-order chi connectivity index (χ1) is 15.0. The van der Waals surface area contributed by atoms with E-state index in [1.54, 1.807) is 25.6 Å². The van der Waals surface area contributed by atoms with Crippen molar-refractivity contribution in [2.75, 3.05) is 13.7 Å². The fourth-order valence-corrected chi connectivity index (χ4v) is 4.78. The van der Waals surface area contributed by atoms with Crippen LogP contribution in [-0.4, -0.2) is 29.8 Å². The molecule has 2 aliphatic carbocycles. The van der Waals surface area contributed by atoms with Crippen molar-refractivity contribution >= 4 is 5.97 Å². The Labute approximate surface area is 182 Å². The van der Waals surface area contributed by atoms with Crippen LogP contribution in [0.4, 0.5) is 4.39 Å². The average Bonchev–Trinajstić information content (AvgIpc) is 3.62. The van der Waals surface area contributed by atoms with Gasteiger partial charge in [0.05, 0.1) is 26.3 Å². The third-order valence-electron chi connectivity index (χ3n) is 6.72. The Morgan fingerprint density at radius 3 is 2.58 bits per heavy atom. The van der Waals surface area contributed by atoms with Gasteiger partial charge in [0, 0.05) is 6.20 Å². The Morgan fingerprint density at radius 1 is 1.13 bits per heavy atom. The third-order valence-corrected chi connectivity index (χ3v) is 6.72. The van der Waals surface area contributed by atoms with Crippen LogP contribution in [0.15, 0.2) is 36.7 Å². The number of nitrogens with zero attached hydrogens (tertiary/aromatic N) is 1. The van der Waals surface area contributed by atoms with Crippen LogP contribution in [0.5, 0.6) is 11.5 Å². The van der Waals surface area contributed by atoms with Crippen LogP contribution < -0.4 is 9.47 Å². The predicted octanol–water partition coefficient (Wildman–Crippen LogP) is 5.55. The summed E-state index contributed by atoms with van der Waals surface area (Å²) in [5, 5.41) is 9.23. The average molecular weight is 428 g/mol. The molecule has 0 aliphatic heterocycles. The molecule has 2 fully saturated rings. The number of carbonyl (C=O) groups is 1. The standard InChI is InChI=1S/C25H30FNO4/c1-30-20-8-9-24(26)23(11-20)18-4-2-16(3-5-18)15-31-21-10-19(13-27-14-21)22(12-25(28)29)17-6-7-17/h8-11,13-14,16-18,22H,2-7,12,15H2,1H3,(H,28,29)/t16-,18-,22?. The Hall–Kier alpha value is -2.63. The minimum atomic E-state index is -0.771. The molecule has 1 N–H and O–H groups in total. The van der Waals surface area contributed by atoms with E-state index in [4.69, 9.17) is 9.47 Å². The van der Waals surface area contributed by atoms with Gasteiger partial charge in [-0.2, -0.15) is 0 Å². The minimum Gasteiger partial charge on any atom is -0.497 e. The summed E-state index contributed by atoms with van der Waals surface area (Å²) in [5.41, 5.74) is 1.71. The van der Waals surface area contributed by atoms with E-state index in [9.17, 15) is 14.3 Å². The summed E-state index contributed by atoms with van der Waals surface area (Å²) in [7, 11) is 1.60. The summed E-state index contributed by atoms with van der Waals surface area (Å²) in [5.74, 6) is 1.57. The van der Waals surface area contributed by atoms with Gasteiger partial charge in [0.15, 0.2) is 0 Å². The van der Waals surface area contributed by atoms with E-state index in [1.807, 2.05) is 12.1 Å². The molecule has 0 spiro atoms. The SMILES string of the molecule is COc1ccc(F)c([C@H]2CC[C@H](COc3cncc(C(CC(=O)O)C4CC4)c3)CC2)c1. The summed E-state index contributed by atoms with van der Waals surface area (Å²) < 4.78 is 25.6. The second-order valence-electron chi connectivity index (χ2n) is 8.91. The topological polar surface area (TPSA) is 68.7 Å². The zero-order chi connectivity index (χ0) is 21.8. The highest BCUT2D eigenvalue weighted by atomic mass is 19.1. The molecule has 166 valence electrons. The van der Waals surface area contributed by atoms with Gasteiger partial charge in [0.1, 0.15) is 17.3 Å². The van der Waals surface area contributed by atoms with Crippen molar-refractivity contribution in [1.82, 2.24) is 4.98 Å². The molecule has 0 saturated heterocycles. The first-order valence-corrected chi connectivity index (χ1v) is 11.2. The van der Waals surface area contributed by atoms with Crippen molar-refractivity contribution in [2.24, 2.45) is 11.8 Å². The molecule has 1 unspecified atom stereocenters. The van der Waals surface area contributed by atoms with E-state index in [-0.39, 0.29) is 24.1 Å². The Balaban J connectivity index is 1.31. The second-order valence-corrected chi connectivity index (χ2v) is 8.91. The zero-order valence-electron chi connectivity index (χ0n) is 17.9. The van der Waals surface area contributed by atoms with Crippen molar-refractivity contribution in [3.8, 4) is 11.5 Å². The lowest BCUT2D eigenvalue weighted by Gasteiger charge is -2.29. The highest BCUT2D eigenvalue weighted by Gasteiger charge is 2.34. The first kappa shape index (κ1) is 21.6. The number of carboxylic acids is 1. The van der Waals surface area contributed by atoms with Gasteiger partial charge < -0.3 is 14.6 Å². The summed E-state index contributed by atoms with van der Waals surface area (Å²) in [6, 6.07) is 6.92. The normalized spacial score (nSPS) is 22.0. The number of hydrogen-bond acceptors (Lipinski definition) is 4. The molecule has 2 aliphatic rings. The molecule has 5 nitrogen and oxygen atoms in total. The van der Waals surface area contributed by atoms with Crippen LogP contribution in [-0.2, 0) is 4.79 Å². The summed E-state index contributed by atoms with van der Waals surface area (Å²) in [6.07, 6.45) is 9.60. The van der Waals surface area contributed by atoms with E-state index in [2.05, 4.69) is 4.98 Å². The highest BCUT2D eigenvalue weighted by molar-refractivity contribution is 5.68. The smallest absolute Gasteiger partial charge is 0.303 e. The highest BCUT2D eigenvalue weighted by Crippen LogP contribution is 2.45. The molecule has 1 aromatic carbocycles. The predicted molar refractivity (Wildman–Crippen MR) is 115 cm³/mol. The van der Waals surface area contributed by atoms with Crippen molar-refractivity contribution < 1.29 is 23.8 Å². The number of pyridine rings is 1. The molecule has 2 saturated carbocycles. The lowest BCUT2D eigenvalue weighted by Crippen LogP contribution is -2.20. The van der Waals surface area contributed by atoms with E-state index in [0.29, 0.717) is 29.9 Å². The van der Waals surface area contributed by atoms with Crippen LogP contribution in [0, 0.1) is 17.7 Å². The molecule has 1 atom stereocenters. The number of carboxylic acid groups (broad SMARTS) is 1. The Morgan fingerprint density at radius 2 is 1.90 bits per heavy atom. The van der Waals surface area contributed by atoms with Crippen LogP contribution in [0.1, 0.15) is 67.9 Å². The Bertz CT molecular complexity index is 906. The number of methoxy groups -OCH3 is 1. The van der Waals surface area contributed by atoms with Crippen LogP contribution in [0.25, 0.3) is 0 Å². The van der Waals surface area contributed by atoms with E-state index in [1.165, 1.54) is 6.07 Å². The monoisotopic (exact) mass is 427 g/mol. The van der Waals surface area contributed by atoms with Gasteiger partial charge in [0.25, 0.3) is 0 Å². The van der Waals surface area contributed by atoms with Crippen molar-refractivity contribution in [3.05, 3.63) is 53.6 Å². The van der Waals surface area contributed by atoms with E-state index < -0.39 is 5.97 Å². The third kappa shape index (κ3) is 5.54. The van der Waals surface area contributed by atoms with Gasteiger partial charge in [-0.3, -0.25) is 9.78 Å². The molecular formula is C25H30FNO4. The lowest BCUT2D eigenvalue weighted by molar-refractivity contribution is -0.137. The van der Waals surface area contributed by atoms with Gasteiger partial charge in [-0.15, -0.1) is 0 Å². The number of hydrogen-bond donors (Lipinski definition) is 1. The maximum atomic E-state index is 14.3. The summed E-state index contributed by atoms with van der Waals surface area (Å²) in [4.78, 5) is 15.5. The summed E-state index contributed by atoms with van der Waals surface area (Å²) >= 11 is 0. The number of benzene rings is 1. The van der Waals surface area contributed by atoms with Crippen molar-refractivity contribution in [1.29, 1.82) is 0 Å². The van der Waals surface area contributed by atoms with Gasteiger partial charge in [-0.25, -0.2) is 4.39 Å². The molecule has 4 rings (SSSR count).